The minimum atomic E-state index is 0.676. The molecule has 0 bridgehead atoms. The summed E-state index contributed by atoms with van der Waals surface area (Å²) in [6.07, 6.45) is 0. The predicted octanol–water partition coefficient (Wildman–Crippen LogP) is 14.6. The molecule has 0 aliphatic carbocycles. The Morgan fingerprint density at radius 3 is 1.81 bits per heavy atom. The molecule has 2 aromatic heterocycles. The van der Waals surface area contributed by atoms with E-state index in [4.69, 9.17) is 20.4 Å². The smallest absolute Gasteiger partial charge is 0.136 e. The van der Waals surface area contributed by atoms with Gasteiger partial charge in [-0.25, -0.2) is 0 Å². The molecule has 0 unspecified atom stereocenters. The van der Waals surface area contributed by atoms with Crippen molar-refractivity contribution in [2.45, 2.75) is 0 Å². The van der Waals surface area contributed by atoms with Gasteiger partial charge in [0, 0.05) is 38.2 Å². The zero-order valence-electron chi connectivity index (χ0n) is 27.8. The standard InChI is InChI=1S/C48H28ClNO2/c49-40-18-5-6-19-42(40)50-41-25-23-29(31-15-10-22-46-47(31)37-14-4-8-21-44(37)52-46)27-38(41)34-12-2-1-11-33(34)36-17-9-16-32(48(36)50)30-24-26-45-39(28-30)35-13-3-7-20-43(35)51-45/h1-28H. The Morgan fingerprint density at radius 2 is 0.942 bits per heavy atom. The topological polar surface area (TPSA) is 29.5 Å². The molecular weight excluding hydrogens is 658 g/mol. The van der Waals surface area contributed by atoms with Crippen LogP contribution in [0.2, 0.25) is 5.02 Å². The number of hydrogen-bond acceptors (Lipinski definition) is 3. The summed E-state index contributed by atoms with van der Waals surface area (Å²) in [5.41, 5.74) is 15.6. The molecule has 3 heterocycles. The van der Waals surface area contributed by atoms with Crippen molar-refractivity contribution in [2.24, 2.45) is 0 Å². The van der Waals surface area contributed by atoms with Crippen LogP contribution in [-0.2, 0) is 0 Å². The van der Waals surface area contributed by atoms with Crippen molar-refractivity contribution in [3.8, 4) is 44.5 Å². The number of furan rings is 2. The van der Waals surface area contributed by atoms with E-state index in [-0.39, 0.29) is 0 Å². The van der Waals surface area contributed by atoms with Crippen molar-refractivity contribution < 1.29 is 8.83 Å². The van der Waals surface area contributed by atoms with Gasteiger partial charge in [0.25, 0.3) is 0 Å². The molecule has 11 rings (SSSR count). The minimum Gasteiger partial charge on any atom is -0.456 e. The average Bonchev–Trinajstić information content (AvgIpc) is 3.74. The lowest BCUT2D eigenvalue weighted by molar-refractivity contribution is 0.668. The average molecular weight is 686 g/mol. The summed E-state index contributed by atoms with van der Waals surface area (Å²) in [6, 6.07) is 59.7. The van der Waals surface area contributed by atoms with Gasteiger partial charge >= 0.3 is 0 Å². The van der Waals surface area contributed by atoms with E-state index in [1.54, 1.807) is 0 Å². The molecular formula is C48H28ClNO2. The first-order valence-electron chi connectivity index (χ1n) is 17.4. The third kappa shape index (κ3) is 4.27. The highest BCUT2D eigenvalue weighted by atomic mass is 35.5. The summed E-state index contributed by atoms with van der Waals surface area (Å²) in [7, 11) is 0. The van der Waals surface area contributed by atoms with Crippen molar-refractivity contribution in [3.63, 3.8) is 0 Å². The molecule has 0 saturated heterocycles. The lowest BCUT2D eigenvalue weighted by Crippen LogP contribution is -2.13. The van der Waals surface area contributed by atoms with Gasteiger partial charge in [-0.05, 0) is 82.4 Å². The van der Waals surface area contributed by atoms with Crippen molar-refractivity contribution in [1.82, 2.24) is 0 Å². The summed E-state index contributed by atoms with van der Waals surface area (Å²) in [6.45, 7) is 0. The molecule has 3 nitrogen and oxygen atoms in total. The van der Waals surface area contributed by atoms with Gasteiger partial charge in [-0.15, -0.1) is 0 Å². The fourth-order valence-electron chi connectivity index (χ4n) is 8.21. The molecule has 52 heavy (non-hydrogen) atoms. The number of para-hydroxylation sites is 4. The number of anilines is 3. The molecule has 244 valence electrons. The summed E-state index contributed by atoms with van der Waals surface area (Å²) in [4.78, 5) is 2.36. The van der Waals surface area contributed by atoms with Crippen molar-refractivity contribution in [1.29, 1.82) is 0 Å². The van der Waals surface area contributed by atoms with Crippen molar-refractivity contribution >= 4 is 72.5 Å². The molecule has 0 spiro atoms. The van der Waals surface area contributed by atoms with Gasteiger partial charge in [0.05, 0.1) is 22.1 Å². The Bertz CT molecular complexity index is 3060. The highest BCUT2D eigenvalue weighted by Crippen LogP contribution is 2.55. The zero-order valence-corrected chi connectivity index (χ0v) is 28.6. The van der Waals surface area contributed by atoms with Gasteiger partial charge in [-0.2, -0.15) is 0 Å². The van der Waals surface area contributed by atoms with E-state index in [1.807, 2.05) is 36.4 Å². The Morgan fingerprint density at radius 1 is 0.365 bits per heavy atom. The van der Waals surface area contributed by atoms with Gasteiger partial charge < -0.3 is 13.7 Å². The Kier molecular flexibility index (Phi) is 6.31. The Balaban J connectivity index is 1.21. The van der Waals surface area contributed by atoms with Gasteiger partial charge in [0.2, 0.25) is 0 Å². The SMILES string of the molecule is Clc1ccccc1N1c2ccc(-c3cccc4oc5ccccc5c34)cc2-c2ccccc2-c2cccc(-c3ccc4oc5ccccc5c4c3)c21. The van der Waals surface area contributed by atoms with E-state index in [0.717, 1.165) is 105 Å². The lowest BCUT2D eigenvalue weighted by atomic mass is 9.90. The largest absolute Gasteiger partial charge is 0.456 e. The van der Waals surface area contributed by atoms with Crippen LogP contribution in [-0.4, -0.2) is 0 Å². The van der Waals surface area contributed by atoms with E-state index >= 15 is 0 Å². The maximum Gasteiger partial charge on any atom is 0.136 e. The normalized spacial score (nSPS) is 12.3. The Labute approximate surface area is 304 Å². The summed E-state index contributed by atoms with van der Waals surface area (Å²) < 4.78 is 12.5. The predicted molar refractivity (Wildman–Crippen MR) is 216 cm³/mol. The molecule has 0 N–H and O–H groups in total. The van der Waals surface area contributed by atoms with Gasteiger partial charge in [-0.3, -0.25) is 0 Å². The maximum atomic E-state index is 7.15. The number of nitrogens with zero attached hydrogens (tertiary/aromatic N) is 1. The number of halogens is 1. The molecule has 0 fully saturated rings. The number of rotatable bonds is 3. The van der Waals surface area contributed by atoms with E-state index in [9.17, 15) is 0 Å². The second-order valence-electron chi connectivity index (χ2n) is 13.4. The van der Waals surface area contributed by atoms with E-state index in [1.165, 1.54) is 0 Å². The highest BCUT2D eigenvalue weighted by molar-refractivity contribution is 6.34. The van der Waals surface area contributed by atoms with Crippen LogP contribution in [0.5, 0.6) is 0 Å². The van der Waals surface area contributed by atoms with E-state index in [0.29, 0.717) is 5.02 Å². The first-order chi connectivity index (χ1) is 25.7. The van der Waals surface area contributed by atoms with Crippen LogP contribution < -0.4 is 4.90 Å². The third-order valence-corrected chi connectivity index (χ3v) is 10.8. The molecule has 0 atom stereocenters. The van der Waals surface area contributed by atoms with Crippen LogP contribution in [0.15, 0.2) is 179 Å². The highest BCUT2D eigenvalue weighted by Gasteiger charge is 2.30. The summed E-state index contributed by atoms with van der Waals surface area (Å²) in [5, 5.41) is 5.11. The zero-order chi connectivity index (χ0) is 34.3. The minimum absolute atomic E-state index is 0.676. The number of benzene rings is 8. The van der Waals surface area contributed by atoms with Crippen molar-refractivity contribution in [3.05, 3.63) is 175 Å². The first-order valence-corrected chi connectivity index (χ1v) is 17.8. The molecule has 10 aromatic rings. The fraction of sp³-hybridized carbons (Fsp3) is 0. The van der Waals surface area contributed by atoms with Crippen LogP contribution in [0.25, 0.3) is 88.4 Å². The maximum absolute atomic E-state index is 7.15. The number of hydrogen-bond donors (Lipinski definition) is 0. The number of fused-ring (bicyclic) bond motifs is 11. The van der Waals surface area contributed by atoms with Crippen LogP contribution >= 0.6 is 11.6 Å². The molecule has 1 aliphatic heterocycles. The van der Waals surface area contributed by atoms with Crippen LogP contribution in [0, 0.1) is 0 Å². The molecule has 4 heteroatoms. The quantitative estimate of drug-likeness (QED) is 0.185. The fourth-order valence-corrected chi connectivity index (χ4v) is 8.43. The Hall–Kier alpha value is -6.55. The van der Waals surface area contributed by atoms with E-state index in [2.05, 4.69) is 138 Å². The molecule has 0 amide bonds. The van der Waals surface area contributed by atoms with Gasteiger partial charge in [-0.1, -0.05) is 127 Å². The molecule has 0 saturated carbocycles. The second kappa shape index (κ2) is 11.2. The van der Waals surface area contributed by atoms with Crippen LogP contribution in [0.3, 0.4) is 0 Å². The molecule has 1 aliphatic rings. The van der Waals surface area contributed by atoms with Gasteiger partial charge in [0.1, 0.15) is 22.3 Å². The summed E-state index contributed by atoms with van der Waals surface area (Å²) >= 11 is 7.15. The van der Waals surface area contributed by atoms with Gasteiger partial charge in [0.15, 0.2) is 0 Å². The van der Waals surface area contributed by atoms with Crippen LogP contribution in [0.1, 0.15) is 0 Å². The third-order valence-electron chi connectivity index (χ3n) is 10.5. The second-order valence-corrected chi connectivity index (χ2v) is 13.8. The van der Waals surface area contributed by atoms with E-state index < -0.39 is 0 Å². The van der Waals surface area contributed by atoms with Crippen molar-refractivity contribution in [2.75, 3.05) is 4.90 Å². The van der Waals surface area contributed by atoms with Crippen LogP contribution in [0.4, 0.5) is 17.1 Å². The first kappa shape index (κ1) is 29.2. The molecule has 0 radical (unpaired) electrons. The monoisotopic (exact) mass is 685 g/mol. The summed E-state index contributed by atoms with van der Waals surface area (Å²) in [5.74, 6) is 0. The molecule has 8 aromatic carbocycles. The lowest BCUT2D eigenvalue weighted by Gasteiger charge is -2.30.